The van der Waals surface area contributed by atoms with Crippen LogP contribution in [0.5, 0.6) is 0 Å². The number of amides is 1. The van der Waals surface area contributed by atoms with Crippen molar-refractivity contribution in [3.63, 3.8) is 0 Å². The van der Waals surface area contributed by atoms with Crippen LogP contribution in [-0.4, -0.2) is 58.0 Å². The van der Waals surface area contributed by atoms with Gasteiger partial charge in [0, 0.05) is 36.8 Å². The minimum Gasteiger partial charge on any atom is -0.458 e. The number of carbonyl (C=O) groups is 1. The van der Waals surface area contributed by atoms with E-state index in [1.807, 2.05) is 24.4 Å². The lowest BCUT2D eigenvalue weighted by molar-refractivity contribution is -0.117. The topological polar surface area (TPSA) is 96.2 Å². The molecule has 8 nitrogen and oxygen atoms in total. The molecule has 0 saturated carbocycles. The molecule has 0 aromatic carbocycles. The van der Waals surface area contributed by atoms with E-state index in [1.54, 1.807) is 12.3 Å². The maximum absolute atomic E-state index is 12.6. The molecular weight excluding hydrogens is 388 g/mol. The summed E-state index contributed by atoms with van der Waals surface area (Å²) in [5.74, 6) is 2.12. The van der Waals surface area contributed by atoms with Crippen molar-refractivity contribution >= 4 is 23.1 Å². The highest BCUT2D eigenvalue weighted by molar-refractivity contribution is 7.13. The number of likely N-dealkylation sites (tertiary alicyclic amines) is 1. The molecule has 9 heteroatoms. The van der Waals surface area contributed by atoms with Crippen LogP contribution >= 0.6 is 11.3 Å². The van der Waals surface area contributed by atoms with Crippen LogP contribution in [0.2, 0.25) is 0 Å². The fourth-order valence-electron chi connectivity index (χ4n) is 3.45. The molecule has 4 rings (SSSR count). The maximum Gasteiger partial charge on any atom is 0.239 e. The third-order valence-electron chi connectivity index (χ3n) is 4.74. The van der Waals surface area contributed by atoms with Gasteiger partial charge in [-0.05, 0) is 32.0 Å². The lowest BCUT2D eigenvalue weighted by Gasteiger charge is -2.16. The molecule has 0 bridgehead atoms. The maximum atomic E-state index is 12.6. The Morgan fingerprint density at radius 3 is 3.00 bits per heavy atom. The number of nitrogens with zero attached hydrogens (tertiary/aromatic N) is 4. The zero-order valence-corrected chi connectivity index (χ0v) is 17.3. The molecule has 1 aliphatic rings. The van der Waals surface area contributed by atoms with Crippen LogP contribution < -0.4 is 10.6 Å². The third-order valence-corrected chi connectivity index (χ3v) is 5.53. The molecule has 3 aromatic heterocycles. The van der Waals surface area contributed by atoms with E-state index < -0.39 is 0 Å². The zero-order valence-electron chi connectivity index (χ0n) is 16.5. The molecule has 0 radical (unpaired) electrons. The number of nitrogens with one attached hydrogen (secondary N) is 2. The van der Waals surface area contributed by atoms with E-state index in [4.69, 9.17) is 4.42 Å². The molecule has 1 aliphatic heterocycles. The quantitative estimate of drug-likeness (QED) is 0.616. The average Bonchev–Trinajstić information content (AvgIpc) is 3.44. The van der Waals surface area contributed by atoms with Gasteiger partial charge in [-0.1, -0.05) is 6.92 Å². The summed E-state index contributed by atoms with van der Waals surface area (Å²) < 4.78 is 5.67. The Kier molecular flexibility index (Phi) is 5.98. The lowest BCUT2D eigenvalue weighted by atomic mass is 10.3. The van der Waals surface area contributed by atoms with Crippen LogP contribution in [0.25, 0.3) is 22.3 Å². The van der Waals surface area contributed by atoms with Crippen LogP contribution in [-0.2, 0) is 4.79 Å². The molecule has 29 heavy (non-hydrogen) atoms. The van der Waals surface area contributed by atoms with Gasteiger partial charge in [0.2, 0.25) is 5.91 Å². The highest BCUT2D eigenvalue weighted by atomic mass is 32.1. The monoisotopic (exact) mass is 412 g/mol. The van der Waals surface area contributed by atoms with Crippen molar-refractivity contribution in [3.8, 4) is 22.3 Å². The Balaban J connectivity index is 1.52. The number of furan rings is 1. The van der Waals surface area contributed by atoms with E-state index in [1.165, 1.54) is 11.3 Å². The van der Waals surface area contributed by atoms with Gasteiger partial charge in [0.25, 0.3) is 0 Å². The Bertz CT molecular complexity index is 971. The summed E-state index contributed by atoms with van der Waals surface area (Å²) in [5, 5.41) is 9.01. The number of aryl methyl sites for hydroxylation is 1. The smallest absolute Gasteiger partial charge is 0.239 e. The number of thiazole rings is 1. The number of hydrogen-bond donors (Lipinski definition) is 2. The Hall–Kier alpha value is -2.62. The summed E-state index contributed by atoms with van der Waals surface area (Å²) in [6, 6.07) is 5.90. The first-order valence-corrected chi connectivity index (χ1v) is 10.6. The average molecular weight is 413 g/mol. The van der Waals surface area contributed by atoms with Crippen LogP contribution in [0.15, 0.2) is 34.2 Å². The predicted octanol–water partition coefficient (Wildman–Crippen LogP) is 2.79. The lowest BCUT2D eigenvalue weighted by Crippen LogP contribution is -2.36. The second-order valence-corrected chi connectivity index (χ2v) is 7.93. The van der Waals surface area contributed by atoms with Crippen molar-refractivity contribution in [2.75, 3.05) is 31.5 Å². The van der Waals surface area contributed by atoms with E-state index in [0.29, 0.717) is 35.7 Å². The van der Waals surface area contributed by atoms with Crippen LogP contribution in [0, 0.1) is 6.92 Å². The van der Waals surface area contributed by atoms with Crippen molar-refractivity contribution in [1.82, 2.24) is 25.2 Å². The number of aromatic nitrogens is 3. The fraction of sp³-hybridized carbons (Fsp3) is 0.400. The van der Waals surface area contributed by atoms with Crippen molar-refractivity contribution < 1.29 is 9.21 Å². The SMILES string of the molecule is CCN[C@H]1CCN(CC(=O)Nc2cc(-c3nccs3)nc(-c3ccc(C)o3)n2)C1. The van der Waals surface area contributed by atoms with Gasteiger partial charge in [0.15, 0.2) is 11.6 Å². The standard InChI is InChI=1S/C20H24N6O2S/c1-3-21-14-6-8-26(11-14)12-18(27)24-17-10-15(20-22-7-9-29-20)23-19(25-17)16-5-4-13(2)28-16/h4-5,7,9-10,14,21H,3,6,8,11-12H2,1-2H3,(H,23,24,25,27)/t14-/m0/s1. The number of anilines is 1. The number of hydrogen-bond acceptors (Lipinski definition) is 8. The Morgan fingerprint density at radius 1 is 1.38 bits per heavy atom. The first-order valence-electron chi connectivity index (χ1n) is 9.72. The molecule has 0 unspecified atom stereocenters. The van der Waals surface area contributed by atoms with Gasteiger partial charge in [-0.25, -0.2) is 15.0 Å². The van der Waals surface area contributed by atoms with Crippen LogP contribution in [0.3, 0.4) is 0 Å². The van der Waals surface area contributed by atoms with Gasteiger partial charge in [-0.2, -0.15) is 0 Å². The number of rotatable bonds is 7. The van der Waals surface area contributed by atoms with Gasteiger partial charge in [-0.15, -0.1) is 11.3 Å². The summed E-state index contributed by atoms with van der Waals surface area (Å²) >= 11 is 1.48. The van der Waals surface area contributed by atoms with Gasteiger partial charge in [0.05, 0.1) is 6.54 Å². The van der Waals surface area contributed by atoms with E-state index in [9.17, 15) is 4.79 Å². The van der Waals surface area contributed by atoms with Gasteiger partial charge in [0.1, 0.15) is 22.3 Å². The molecule has 2 N–H and O–H groups in total. The third kappa shape index (κ3) is 4.87. The Labute approximate surface area is 173 Å². The second-order valence-electron chi connectivity index (χ2n) is 7.04. The molecule has 3 aromatic rings. The second kappa shape index (κ2) is 8.81. The summed E-state index contributed by atoms with van der Waals surface area (Å²) in [6.45, 7) is 7.05. The molecule has 152 valence electrons. The molecule has 4 heterocycles. The summed E-state index contributed by atoms with van der Waals surface area (Å²) in [7, 11) is 0. The summed E-state index contributed by atoms with van der Waals surface area (Å²) in [4.78, 5) is 28.2. The highest BCUT2D eigenvalue weighted by Crippen LogP contribution is 2.26. The summed E-state index contributed by atoms with van der Waals surface area (Å²) in [6.07, 6.45) is 2.79. The number of likely N-dealkylation sites (N-methyl/N-ethyl adjacent to an activating group) is 1. The van der Waals surface area contributed by atoms with Gasteiger partial charge >= 0.3 is 0 Å². The normalized spacial score (nSPS) is 17.0. The summed E-state index contributed by atoms with van der Waals surface area (Å²) in [5.41, 5.74) is 0.655. The first kappa shape index (κ1) is 19.7. The van der Waals surface area contributed by atoms with Crippen molar-refractivity contribution in [3.05, 3.63) is 35.5 Å². The molecule has 1 amide bonds. The highest BCUT2D eigenvalue weighted by Gasteiger charge is 2.23. The molecule has 0 aliphatic carbocycles. The Morgan fingerprint density at radius 2 is 2.28 bits per heavy atom. The minimum absolute atomic E-state index is 0.0903. The zero-order chi connectivity index (χ0) is 20.2. The molecule has 0 spiro atoms. The van der Waals surface area contributed by atoms with Gasteiger partial charge < -0.3 is 15.1 Å². The largest absolute Gasteiger partial charge is 0.458 e. The molecular formula is C20H24N6O2S. The molecule has 1 fully saturated rings. The fourth-order valence-corrected chi connectivity index (χ4v) is 4.05. The van der Waals surface area contributed by atoms with Crippen LogP contribution in [0.1, 0.15) is 19.1 Å². The van der Waals surface area contributed by atoms with Crippen molar-refractivity contribution in [1.29, 1.82) is 0 Å². The van der Waals surface area contributed by atoms with Crippen molar-refractivity contribution in [2.45, 2.75) is 26.3 Å². The first-order chi connectivity index (χ1) is 14.1. The van der Waals surface area contributed by atoms with Crippen LogP contribution in [0.4, 0.5) is 5.82 Å². The van der Waals surface area contributed by atoms with E-state index >= 15 is 0 Å². The molecule has 1 atom stereocenters. The van der Waals surface area contributed by atoms with E-state index in [-0.39, 0.29) is 5.91 Å². The van der Waals surface area contributed by atoms with Crippen molar-refractivity contribution in [2.24, 2.45) is 0 Å². The number of carbonyl (C=O) groups excluding carboxylic acids is 1. The van der Waals surface area contributed by atoms with E-state index in [0.717, 1.165) is 36.8 Å². The van der Waals surface area contributed by atoms with E-state index in [2.05, 4.69) is 37.4 Å². The van der Waals surface area contributed by atoms with Gasteiger partial charge in [-0.3, -0.25) is 9.69 Å². The molecule has 1 saturated heterocycles. The predicted molar refractivity (Wildman–Crippen MR) is 113 cm³/mol. The minimum atomic E-state index is -0.0903.